The summed E-state index contributed by atoms with van der Waals surface area (Å²) in [5.74, 6) is -0.0421. The van der Waals surface area contributed by atoms with E-state index in [4.69, 9.17) is 4.74 Å². The Morgan fingerprint density at radius 3 is 2.24 bits per heavy atom. The van der Waals surface area contributed by atoms with Gasteiger partial charge in [0.05, 0.1) is 6.10 Å². The van der Waals surface area contributed by atoms with Crippen molar-refractivity contribution in [3.63, 3.8) is 0 Å². The van der Waals surface area contributed by atoms with E-state index < -0.39 is 0 Å². The molecule has 0 N–H and O–H groups in total. The van der Waals surface area contributed by atoms with Crippen molar-refractivity contribution in [1.82, 2.24) is 4.90 Å². The highest BCUT2D eigenvalue weighted by Gasteiger charge is 2.43. The van der Waals surface area contributed by atoms with Crippen LogP contribution in [0.15, 0.2) is 12.7 Å². The number of piperidine rings is 1. The highest BCUT2D eigenvalue weighted by molar-refractivity contribution is 5.90. The number of ether oxygens (including phenoxy) is 1. The van der Waals surface area contributed by atoms with Gasteiger partial charge in [0.2, 0.25) is 0 Å². The van der Waals surface area contributed by atoms with E-state index in [0.29, 0.717) is 0 Å². The van der Waals surface area contributed by atoms with Crippen molar-refractivity contribution in [3.8, 4) is 0 Å². The molecule has 0 bridgehead atoms. The first-order valence-corrected chi connectivity index (χ1v) is 6.20. The van der Waals surface area contributed by atoms with Crippen LogP contribution in [-0.4, -0.2) is 41.5 Å². The summed E-state index contributed by atoms with van der Waals surface area (Å²) >= 11 is 0. The Morgan fingerprint density at radius 2 is 1.82 bits per heavy atom. The third-order valence-corrected chi connectivity index (χ3v) is 3.96. The van der Waals surface area contributed by atoms with E-state index in [1.807, 2.05) is 0 Å². The van der Waals surface area contributed by atoms with E-state index in [2.05, 4.69) is 46.2 Å². The largest absolute Gasteiger partial charge is 0.370 e. The second kappa shape index (κ2) is 4.91. The van der Waals surface area contributed by atoms with Gasteiger partial charge < -0.3 is 4.74 Å². The number of rotatable bonds is 4. The Balaban J connectivity index is 2.65. The summed E-state index contributed by atoms with van der Waals surface area (Å²) in [7, 11) is 2.16. The highest BCUT2D eigenvalue weighted by atomic mass is 16.5. The number of ketones is 1. The van der Waals surface area contributed by atoms with Crippen LogP contribution in [0.25, 0.3) is 0 Å². The van der Waals surface area contributed by atoms with Gasteiger partial charge in [0, 0.05) is 11.1 Å². The molecule has 1 aliphatic heterocycles. The molecule has 0 aromatic rings. The van der Waals surface area contributed by atoms with Gasteiger partial charge in [-0.1, -0.05) is 6.58 Å². The zero-order valence-electron chi connectivity index (χ0n) is 11.7. The maximum atomic E-state index is 11.2. The molecule has 17 heavy (non-hydrogen) atoms. The fourth-order valence-electron chi connectivity index (χ4n) is 2.66. The van der Waals surface area contributed by atoms with Gasteiger partial charge in [0.15, 0.2) is 5.78 Å². The molecule has 1 heterocycles. The van der Waals surface area contributed by atoms with Crippen LogP contribution < -0.4 is 0 Å². The fourth-order valence-corrected chi connectivity index (χ4v) is 2.66. The summed E-state index contributed by atoms with van der Waals surface area (Å²) in [6.45, 7) is 12.5. The Hall–Kier alpha value is -0.670. The van der Waals surface area contributed by atoms with Crippen LogP contribution in [0, 0.1) is 0 Å². The predicted molar refractivity (Wildman–Crippen MR) is 70.1 cm³/mol. The summed E-state index contributed by atoms with van der Waals surface area (Å²) in [5.41, 5.74) is 0.202. The maximum absolute atomic E-state index is 11.2. The lowest BCUT2D eigenvalue weighted by molar-refractivity contribution is -0.128. The average Bonchev–Trinajstić information content (AvgIpc) is 2.21. The Labute approximate surface area is 105 Å². The molecule has 0 aromatic heterocycles. The van der Waals surface area contributed by atoms with Crippen molar-refractivity contribution < 1.29 is 9.53 Å². The smallest absolute Gasteiger partial charge is 0.180 e. The summed E-state index contributed by atoms with van der Waals surface area (Å²) in [6.07, 6.45) is 3.39. The monoisotopic (exact) mass is 239 g/mol. The van der Waals surface area contributed by atoms with Gasteiger partial charge in [0.1, 0.15) is 6.61 Å². The molecule has 0 atom stereocenters. The lowest BCUT2D eigenvalue weighted by Crippen LogP contribution is -2.60. The molecule has 0 spiro atoms. The van der Waals surface area contributed by atoms with Gasteiger partial charge in [-0.25, -0.2) is 0 Å². The lowest BCUT2D eigenvalue weighted by Gasteiger charge is -2.53. The predicted octanol–water partition coefficient (Wildman–Crippen LogP) is 2.41. The van der Waals surface area contributed by atoms with Gasteiger partial charge >= 0.3 is 0 Å². The second-order valence-corrected chi connectivity index (χ2v) is 6.20. The topological polar surface area (TPSA) is 29.5 Å². The van der Waals surface area contributed by atoms with E-state index in [0.717, 1.165) is 12.8 Å². The quantitative estimate of drug-likeness (QED) is 0.706. The maximum Gasteiger partial charge on any atom is 0.180 e. The van der Waals surface area contributed by atoms with Crippen LogP contribution in [0.1, 0.15) is 40.5 Å². The third-order valence-electron chi connectivity index (χ3n) is 3.96. The van der Waals surface area contributed by atoms with Crippen molar-refractivity contribution in [1.29, 1.82) is 0 Å². The summed E-state index contributed by atoms with van der Waals surface area (Å²) in [6, 6.07) is 0. The van der Waals surface area contributed by atoms with Gasteiger partial charge in [-0.05, 0) is 53.7 Å². The van der Waals surface area contributed by atoms with Gasteiger partial charge in [-0.15, -0.1) is 0 Å². The van der Waals surface area contributed by atoms with E-state index in [1.54, 1.807) is 0 Å². The molecule has 0 aliphatic carbocycles. The molecular weight excluding hydrogens is 214 g/mol. The molecule has 0 saturated carbocycles. The number of hydrogen-bond acceptors (Lipinski definition) is 3. The summed E-state index contributed by atoms with van der Waals surface area (Å²) in [4.78, 5) is 13.6. The van der Waals surface area contributed by atoms with Crippen LogP contribution in [0.3, 0.4) is 0 Å². The SMILES string of the molecule is C=CC(=O)COC1CC(C)(C)N(C)C(C)(C)C1. The van der Waals surface area contributed by atoms with E-state index in [9.17, 15) is 4.79 Å². The highest BCUT2D eigenvalue weighted by Crippen LogP contribution is 2.37. The summed E-state index contributed by atoms with van der Waals surface area (Å²) < 4.78 is 5.71. The second-order valence-electron chi connectivity index (χ2n) is 6.20. The number of hydrogen-bond donors (Lipinski definition) is 0. The molecule has 1 saturated heterocycles. The van der Waals surface area contributed by atoms with Crippen LogP contribution >= 0.6 is 0 Å². The lowest BCUT2D eigenvalue weighted by atomic mass is 9.79. The molecule has 0 radical (unpaired) electrons. The Bertz CT molecular complexity index is 289. The number of carbonyl (C=O) groups excluding carboxylic acids is 1. The fraction of sp³-hybridized carbons (Fsp3) is 0.786. The minimum atomic E-state index is -0.0421. The van der Waals surface area contributed by atoms with E-state index in [1.165, 1.54) is 6.08 Å². The van der Waals surface area contributed by atoms with E-state index >= 15 is 0 Å². The van der Waals surface area contributed by atoms with Crippen molar-refractivity contribution in [3.05, 3.63) is 12.7 Å². The van der Waals surface area contributed by atoms with Crippen molar-refractivity contribution in [2.24, 2.45) is 0 Å². The van der Waals surface area contributed by atoms with Crippen LogP contribution in [0.2, 0.25) is 0 Å². The minimum Gasteiger partial charge on any atom is -0.370 e. The zero-order valence-corrected chi connectivity index (χ0v) is 11.7. The van der Waals surface area contributed by atoms with Crippen LogP contribution in [0.4, 0.5) is 0 Å². The first-order valence-electron chi connectivity index (χ1n) is 6.20. The first-order chi connectivity index (χ1) is 7.69. The number of nitrogens with zero attached hydrogens (tertiary/aromatic N) is 1. The summed E-state index contributed by atoms with van der Waals surface area (Å²) in [5, 5.41) is 0. The van der Waals surface area contributed by atoms with Gasteiger partial charge in [-0.3, -0.25) is 9.69 Å². The molecule has 0 unspecified atom stereocenters. The first kappa shape index (κ1) is 14.4. The molecule has 1 rings (SSSR count). The Morgan fingerprint density at radius 1 is 1.35 bits per heavy atom. The number of likely N-dealkylation sites (tertiary alicyclic amines) is 1. The van der Waals surface area contributed by atoms with Crippen LogP contribution in [-0.2, 0) is 9.53 Å². The van der Waals surface area contributed by atoms with Crippen molar-refractivity contribution in [2.45, 2.75) is 57.7 Å². The van der Waals surface area contributed by atoms with Crippen molar-refractivity contribution in [2.75, 3.05) is 13.7 Å². The molecule has 98 valence electrons. The average molecular weight is 239 g/mol. The Kier molecular flexibility index (Phi) is 4.15. The van der Waals surface area contributed by atoms with Gasteiger partial charge in [0.25, 0.3) is 0 Å². The molecule has 3 nitrogen and oxygen atoms in total. The standard InChI is InChI=1S/C14H25NO2/c1-7-11(16)10-17-12-8-13(2,3)15(6)14(4,5)9-12/h7,12H,1,8-10H2,2-6H3. The molecule has 1 aliphatic rings. The molecule has 1 fully saturated rings. The molecule has 3 heteroatoms. The number of carbonyl (C=O) groups is 1. The minimum absolute atomic E-state index is 0.0421. The van der Waals surface area contributed by atoms with Gasteiger partial charge in [-0.2, -0.15) is 0 Å². The zero-order chi connectivity index (χ0) is 13.3. The molecular formula is C14H25NO2. The molecule has 0 amide bonds. The van der Waals surface area contributed by atoms with E-state index in [-0.39, 0.29) is 29.6 Å². The normalized spacial score (nSPS) is 24.5. The third kappa shape index (κ3) is 3.39. The van der Waals surface area contributed by atoms with Crippen LogP contribution in [0.5, 0.6) is 0 Å². The van der Waals surface area contributed by atoms with Crippen molar-refractivity contribution >= 4 is 5.78 Å². The molecule has 0 aromatic carbocycles.